The molecule has 0 unspecified atom stereocenters. The SMILES string of the molecule is CN(C)C1CCN(c2nc(N)cc(Br)n2)CC1. The predicted octanol–water partition coefficient (Wildman–Crippen LogP) is 1.35. The Hall–Kier alpha value is -0.880. The number of halogens is 1. The monoisotopic (exact) mass is 299 g/mol. The molecule has 0 atom stereocenters. The Morgan fingerprint density at radius 2 is 2.00 bits per heavy atom. The largest absolute Gasteiger partial charge is 0.383 e. The van der Waals surface area contributed by atoms with Gasteiger partial charge in [0, 0.05) is 25.2 Å². The Morgan fingerprint density at radius 1 is 1.35 bits per heavy atom. The Kier molecular flexibility index (Phi) is 3.83. The van der Waals surface area contributed by atoms with E-state index in [2.05, 4.69) is 49.8 Å². The zero-order valence-corrected chi connectivity index (χ0v) is 11.8. The van der Waals surface area contributed by atoms with Gasteiger partial charge in [0.1, 0.15) is 10.4 Å². The van der Waals surface area contributed by atoms with Crippen LogP contribution in [0.15, 0.2) is 10.7 Å². The van der Waals surface area contributed by atoms with Gasteiger partial charge in [-0.1, -0.05) is 0 Å². The van der Waals surface area contributed by atoms with E-state index >= 15 is 0 Å². The molecule has 2 N–H and O–H groups in total. The molecule has 94 valence electrons. The van der Waals surface area contributed by atoms with Gasteiger partial charge in [-0.3, -0.25) is 0 Å². The zero-order chi connectivity index (χ0) is 12.4. The fourth-order valence-electron chi connectivity index (χ4n) is 2.15. The second kappa shape index (κ2) is 5.18. The van der Waals surface area contributed by atoms with Crippen LogP contribution in [0, 0.1) is 0 Å². The normalized spacial score (nSPS) is 17.8. The van der Waals surface area contributed by atoms with Gasteiger partial charge < -0.3 is 15.5 Å². The molecule has 0 radical (unpaired) electrons. The van der Waals surface area contributed by atoms with Gasteiger partial charge in [0.2, 0.25) is 5.95 Å². The lowest BCUT2D eigenvalue weighted by molar-refractivity contribution is 0.249. The minimum Gasteiger partial charge on any atom is -0.383 e. The highest BCUT2D eigenvalue weighted by Gasteiger charge is 2.22. The van der Waals surface area contributed by atoms with Crippen LogP contribution in [0.1, 0.15) is 12.8 Å². The molecular formula is C11H18BrN5. The molecule has 0 aromatic carbocycles. The van der Waals surface area contributed by atoms with Crippen molar-refractivity contribution in [2.24, 2.45) is 0 Å². The van der Waals surface area contributed by atoms with Crippen LogP contribution in [-0.4, -0.2) is 48.1 Å². The van der Waals surface area contributed by atoms with Crippen LogP contribution in [0.3, 0.4) is 0 Å². The summed E-state index contributed by atoms with van der Waals surface area (Å²) in [5.41, 5.74) is 5.73. The van der Waals surface area contributed by atoms with Gasteiger partial charge in [0.05, 0.1) is 0 Å². The van der Waals surface area contributed by atoms with Gasteiger partial charge in [-0.2, -0.15) is 4.98 Å². The first-order valence-electron chi connectivity index (χ1n) is 5.77. The molecule has 0 spiro atoms. The summed E-state index contributed by atoms with van der Waals surface area (Å²) in [6, 6.07) is 2.38. The second-order valence-electron chi connectivity index (χ2n) is 4.60. The lowest BCUT2D eigenvalue weighted by Crippen LogP contribution is -2.42. The molecule has 2 heterocycles. The average Bonchev–Trinajstić information content (AvgIpc) is 2.28. The maximum atomic E-state index is 5.73. The predicted molar refractivity (Wildman–Crippen MR) is 73.1 cm³/mol. The van der Waals surface area contributed by atoms with Gasteiger partial charge >= 0.3 is 0 Å². The molecule has 5 nitrogen and oxygen atoms in total. The third-order valence-corrected chi connectivity index (χ3v) is 3.59. The number of nitrogen functional groups attached to an aromatic ring is 1. The zero-order valence-electron chi connectivity index (χ0n) is 10.2. The van der Waals surface area contributed by atoms with Crippen molar-refractivity contribution >= 4 is 27.7 Å². The van der Waals surface area contributed by atoms with Crippen molar-refractivity contribution in [3.63, 3.8) is 0 Å². The van der Waals surface area contributed by atoms with Crippen molar-refractivity contribution in [2.45, 2.75) is 18.9 Å². The van der Waals surface area contributed by atoms with E-state index < -0.39 is 0 Å². The molecule has 0 amide bonds. The molecule has 0 saturated carbocycles. The molecule has 1 aliphatic rings. The minimum atomic E-state index is 0.511. The second-order valence-corrected chi connectivity index (χ2v) is 5.41. The van der Waals surface area contributed by atoms with E-state index in [1.165, 1.54) is 0 Å². The average molecular weight is 300 g/mol. The Morgan fingerprint density at radius 3 is 2.53 bits per heavy atom. The Labute approximate surface area is 110 Å². The van der Waals surface area contributed by atoms with E-state index in [-0.39, 0.29) is 0 Å². The Balaban J connectivity index is 2.05. The van der Waals surface area contributed by atoms with E-state index in [1.807, 2.05) is 0 Å². The number of nitrogens with zero attached hydrogens (tertiary/aromatic N) is 4. The van der Waals surface area contributed by atoms with Crippen LogP contribution in [0.2, 0.25) is 0 Å². The smallest absolute Gasteiger partial charge is 0.228 e. The number of aromatic nitrogens is 2. The fraction of sp³-hybridized carbons (Fsp3) is 0.636. The first kappa shape index (κ1) is 12.6. The maximum Gasteiger partial charge on any atom is 0.228 e. The number of anilines is 2. The molecule has 0 bridgehead atoms. The lowest BCUT2D eigenvalue weighted by Gasteiger charge is -2.35. The highest BCUT2D eigenvalue weighted by atomic mass is 79.9. The van der Waals surface area contributed by atoms with Crippen LogP contribution in [0.25, 0.3) is 0 Å². The van der Waals surface area contributed by atoms with E-state index in [1.54, 1.807) is 6.07 Å². The molecule has 1 fully saturated rings. The van der Waals surface area contributed by atoms with Crippen LogP contribution >= 0.6 is 15.9 Å². The molecule has 1 aromatic rings. The van der Waals surface area contributed by atoms with Gasteiger partial charge in [0.25, 0.3) is 0 Å². The van der Waals surface area contributed by atoms with Crippen molar-refractivity contribution < 1.29 is 0 Å². The van der Waals surface area contributed by atoms with Crippen molar-refractivity contribution in [1.29, 1.82) is 0 Å². The van der Waals surface area contributed by atoms with Crippen molar-refractivity contribution in [3.8, 4) is 0 Å². The van der Waals surface area contributed by atoms with Gasteiger partial charge in [0.15, 0.2) is 0 Å². The van der Waals surface area contributed by atoms with E-state index in [0.717, 1.165) is 36.5 Å². The molecule has 2 rings (SSSR count). The summed E-state index contributed by atoms with van der Waals surface area (Å²) in [5.74, 6) is 1.24. The number of piperidine rings is 1. The molecule has 1 saturated heterocycles. The number of rotatable bonds is 2. The molecule has 6 heteroatoms. The molecular weight excluding hydrogens is 282 g/mol. The summed E-state index contributed by atoms with van der Waals surface area (Å²) in [5, 5.41) is 0. The standard InChI is InChI=1S/C11H18BrN5/c1-16(2)8-3-5-17(6-4-8)11-14-9(12)7-10(13)15-11/h7-8H,3-6H2,1-2H3,(H2,13,14,15). The number of hydrogen-bond acceptors (Lipinski definition) is 5. The molecule has 1 aromatic heterocycles. The van der Waals surface area contributed by atoms with Gasteiger partial charge in [-0.25, -0.2) is 4.98 Å². The summed E-state index contributed by atoms with van der Waals surface area (Å²) in [7, 11) is 4.27. The third-order valence-electron chi connectivity index (χ3n) is 3.18. The first-order valence-corrected chi connectivity index (χ1v) is 6.57. The third kappa shape index (κ3) is 3.07. The maximum absolute atomic E-state index is 5.73. The molecule has 1 aliphatic heterocycles. The van der Waals surface area contributed by atoms with E-state index in [0.29, 0.717) is 11.9 Å². The molecule has 0 aliphatic carbocycles. The summed E-state index contributed by atoms with van der Waals surface area (Å²) in [6.45, 7) is 1.97. The topological polar surface area (TPSA) is 58.3 Å². The van der Waals surface area contributed by atoms with Crippen molar-refractivity contribution in [2.75, 3.05) is 37.8 Å². The van der Waals surface area contributed by atoms with Gasteiger partial charge in [-0.15, -0.1) is 0 Å². The van der Waals surface area contributed by atoms with Crippen molar-refractivity contribution in [3.05, 3.63) is 10.7 Å². The van der Waals surface area contributed by atoms with Crippen molar-refractivity contribution in [1.82, 2.24) is 14.9 Å². The summed E-state index contributed by atoms with van der Waals surface area (Å²) < 4.78 is 0.745. The van der Waals surface area contributed by atoms with Crippen LogP contribution in [0.5, 0.6) is 0 Å². The van der Waals surface area contributed by atoms with Gasteiger partial charge in [-0.05, 0) is 42.9 Å². The van der Waals surface area contributed by atoms with Crippen LogP contribution in [0.4, 0.5) is 11.8 Å². The Bertz CT molecular complexity index is 367. The summed E-state index contributed by atoms with van der Waals surface area (Å²) in [4.78, 5) is 13.1. The highest BCUT2D eigenvalue weighted by molar-refractivity contribution is 9.10. The minimum absolute atomic E-state index is 0.511. The molecule has 17 heavy (non-hydrogen) atoms. The lowest BCUT2D eigenvalue weighted by atomic mass is 10.0. The van der Waals surface area contributed by atoms with Crippen LogP contribution < -0.4 is 10.6 Å². The number of hydrogen-bond donors (Lipinski definition) is 1. The van der Waals surface area contributed by atoms with E-state index in [4.69, 9.17) is 5.73 Å². The summed E-state index contributed by atoms with van der Waals surface area (Å²) in [6.07, 6.45) is 2.28. The highest BCUT2D eigenvalue weighted by Crippen LogP contribution is 2.21. The first-order chi connectivity index (χ1) is 8.06. The summed E-state index contributed by atoms with van der Waals surface area (Å²) >= 11 is 3.35. The number of nitrogens with two attached hydrogens (primary N) is 1. The fourth-order valence-corrected chi connectivity index (χ4v) is 2.54. The van der Waals surface area contributed by atoms with Crippen LogP contribution in [-0.2, 0) is 0 Å². The quantitative estimate of drug-likeness (QED) is 0.836. The van der Waals surface area contributed by atoms with E-state index in [9.17, 15) is 0 Å².